The van der Waals surface area contributed by atoms with Crippen LogP contribution in [0.2, 0.25) is 5.02 Å². The number of halogens is 4. The van der Waals surface area contributed by atoms with Crippen molar-refractivity contribution in [2.45, 2.75) is 13.1 Å². The number of nitrogens with zero attached hydrogens (tertiary/aromatic N) is 2. The summed E-state index contributed by atoms with van der Waals surface area (Å²) < 4.78 is 42.8. The summed E-state index contributed by atoms with van der Waals surface area (Å²) in [6, 6.07) is 7.95. The van der Waals surface area contributed by atoms with E-state index in [2.05, 4.69) is 15.5 Å². The van der Waals surface area contributed by atoms with E-state index in [1.54, 1.807) is 24.3 Å². The Kier molecular flexibility index (Phi) is 5.44. The van der Waals surface area contributed by atoms with Gasteiger partial charge in [-0.15, -0.1) is 0 Å². The van der Waals surface area contributed by atoms with Gasteiger partial charge in [0, 0.05) is 6.20 Å². The highest BCUT2D eigenvalue weighted by molar-refractivity contribution is 6.32. The molecule has 2 rings (SSSR count). The lowest BCUT2D eigenvalue weighted by molar-refractivity contribution is -0.137. The molecule has 8 heteroatoms. The molecule has 0 saturated heterocycles. The Morgan fingerprint density at radius 2 is 2.00 bits per heavy atom. The maximum absolute atomic E-state index is 12.5. The number of hydrazone groups is 1. The van der Waals surface area contributed by atoms with Gasteiger partial charge in [0.05, 0.1) is 23.4 Å². The van der Waals surface area contributed by atoms with Gasteiger partial charge in [0.2, 0.25) is 0 Å². The van der Waals surface area contributed by atoms with Crippen LogP contribution in [-0.4, -0.2) is 17.8 Å². The number of ether oxygens (including phenoxy) is 1. The van der Waals surface area contributed by atoms with Crippen LogP contribution in [0.25, 0.3) is 0 Å². The van der Waals surface area contributed by atoms with Crippen LogP contribution in [0, 0.1) is 0 Å². The molecule has 122 valence electrons. The molecule has 2 aromatic rings. The van der Waals surface area contributed by atoms with Crippen molar-refractivity contribution < 1.29 is 17.9 Å². The standard InChI is InChI=1S/C15H13ClF3N3O/c1-2-23-12-5-3-10(4-6-12)8-21-22-14-13(16)7-11(9-20-14)15(17,18)19/h3-9H,2H2,1H3,(H,20,22)/b21-8+. The van der Waals surface area contributed by atoms with Crippen molar-refractivity contribution >= 4 is 23.6 Å². The first kappa shape index (κ1) is 17.1. The lowest BCUT2D eigenvalue weighted by Crippen LogP contribution is -2.06. The number of pyridine rings is 1. The van der Waals surface area contributed by atoms with Gasteiger partial charge in [0.15, 0.2) is 5.82 Å². The first-order chi connectivity index (χ1) is 10.9. The van der Waals surface area contributed by atoms with Gasteiger partial charge in [-0.3, -0.25) is 5.43 Å². The van der Waals surface area contributed by atoms with Crippen LogP contribution in [0.4, 0.5) is 19.0 Å². The third-order valence-corrected chi connectivity index (χ3v) is 3.03. The molecule has 0 aliphatic carbocycles. The predicted molar refractivity (Wildman–Crippen MR) is 83.1 cm³/mol. The second-order valence-corrected chi connectivity index (χ2v) is 4.83. The number of nitrogens with one attached hydrogen (secondary N) is 1. The lowest BCUT2D eigenvalue weighted by Gasteiger charge is -2.08. The molecule has 23 heavy (non-hydrogen) atoms. The number of aromatic nitrogens is 1. The molecule has 0 bridgehead atoms. The highest BCUT2D eigenvalue weighted by Crippen LogP contribution is 2.32. The maximum atomic E-state index is 12.5. The van der Waals surface area contributed by atoms with E-state index in [1.165, 1.54) is 6.21 Å². The fourth-order valence-corrected chi connectivity index (χ4v) is 1.87. The smallest absolute Gasteiger partial charge is 0.417 e. The molecule has 1 heterocycles. The molecule has 0 saturated carbocycles. The first-order valence-corrected chi connectivity index (χ1v) is 7.02. The van der Waals surface area contributed by atoms with E-state index in [9.17, 15) is 13.2 Å². The summed E-state index contributed by atoms with van der Waals surface area (Å²) in [6.07, 6.45) is -2.30. The zero-order valence-electron chi connectivity index (χ0n) is 12.1. The second-order valence-electron chi connectivity index (χ2n) is 4.42. The van der Waals surface area contributed by atoms with E-state index in [4.69, 9.17) is 16.3 Å². The van der Waals surface area contributed by atoms with Crippen LogP contribution in [0.15, 0.2) is 41.6 Å². The lowest BCUT2D eigenvalue weighted by atomic mass is 10.2. The number of hydrogen-bond acceptors (Lipinski definition) is 4. The number of anilines is 1. The molecule has 0 atom stereocenters. The van der Waals surface area contributed by atoms with Crippen LogP contribution >= 0.6 is 11.6 Å². The Morgan fingerprint density at radius 1 is 1.30 bits per heavy atom. The Hall–Kier alpha value is -2.28. The van der Waals surface area contributed by atoms with Crippen LogP contribution in [0.5, 0.6) is 5.75 Å². The Morgan fingerprint density at radius 3 is 2.57 bits per heavy atom. The van der Waals surface area contributed by atoms with Crippen molar-refractivity contribution in [3.05, 3.63) is 52.7 Å². The normalized spacial score (nSPS) is 11.7. The van der Waals surface area contributed by atoms with E-state index >= 15 is 0 Å². The average molecular weight is 344 g/mol. The number of hydrogen-bond donors (Lipinski definition) is 1. The molecular formula is C15H13ClF3N3O. The zero-order chi connectivity index (χ0) is 16.9. The summed E-state index contributed by atoms with van der Waals surface area (Å²) in [6.45, 7) is 2.47. The first-order valence-electron chi connectivity index (χ1n) is 6.65. The van der Waals surface area contributed by atoms with Gasteiger partial charge in [-0.05, 0) is 42.8 Å². The molecule has 4 nitrogen and oxygen atoms in total. The van der Waals surface area contributed by atoms with Gasteiger partial charge in [0.1, 0.15) is 5.75 Å². The van der Waals surface area contributed by atoms with Crippen LogP contribution in [-0.2, 0) is 6.18 Å². The maximum Gasteiger partial charge on any atom is 0.417 e. The van der Waals surface area contributed by atoms with Crippen molar-refractivity contribution in [2.24, 2.45) is 5.10 Å². The highest BCUT2D eigenvalue weighted by Gasteiger charge is 2.31. The third kappa shape index (κ3) is 4.85. The van der Waals surface area contributed by atoms with E-state index < -0.39 is 11.7 Å². The molecule has 0 aliphatic heterocycles. The fourth-order valence-electron chi connectivity index (χ4n) is 1.66. The summed E-state index contributed by atoms with van der Waals surface area (Å²) in [5.74, 6) is 0.784. The average Bonchev–Trinajstić information content (AvgIpc) is 2.50. The molecule has 0 radical (unpaired) electrons. The Balaban J connectivity index is 2.02. The molecule has 0 fully saturated rings. The highest BCUT2D eigenvalue weighted by atomic mass is 35.5. The number of alkyl halides is 3. The minimum atomic E-state index is -4.49. The van der Waals surface area contributed by atoms with Crippen molar-refractivity contribution in [1.29, 1.82) is 0 Å². The van der Waals surface area contributed by atoms with E-state index in [-0.39, 0.29) is 10.8 Å². The van der Waals surface area contributed by atoms with Crippen molar-refractivity contribution in [3.63, 3.8) is 0 Å². The molecular weight excluding hydrogens is 331 g/mol. The summed E-state index contributed by atoms with van der Waals surface area (Å²) in [7, 11) is 0. The number of benzene rings is 1. The third-order valence-electron chi connectivity index (χ3n) is 2.74. The SMILES string of the molecule is CCOc1ccc(/C=N/Nc2ncc(C(F)(F)F)cc2Cl)cc1. The summed E-state index contributed by atoms with van der Waals surface area (Å²) in [5.41, 5.74) is 2.38. The van der Waals surface area contributed by atoms with Gasteiger partial charge in [-0.25, -0.2) is 4.98 Å². The zero-order valence-corrected chi connectivity index (χ0v) is 12.8. The molecule has 0 amide bonds. The minimum absolute atomic E-state index is 0.0434. The van der Waals surface area contributed by atoms with Crippen molar-refractivity contribution in [2.75, 3.05) is 12.0 Å². The van der Waals surface area contributed by atoms with Crippen LogP contribution in [0.3, 0.4) is 0 Å². The molecule has 0 aliphatic rings. The van der Waals surface area contributed by atoms with E-state index in [0.29, 0.717) is 12.8 Å². The second kappa shape index (κ2) is 7.32. The van der Waals surface area contributed by atoms with E-state index in [0.717, 1.165) is 17.4 Å². The van der Waals surface area contributed by atoms with E-state index in [1.807, 2.05) is 6.92 Å². The Bertz CT molecular complexity index is 687. The van der Waals surface area contributed by atoms with Crippen LogP contribution < -0.4 is 10.2 Å². The molecule has 1 aromatic heterocycles. The summed E-state index contributed by atoms with van der Waals surface area (Å²) in [4.78, 5) is 3.62. The Labute approximate surface area is 135 Å². The fraction of sp³-hybridized carbons (Fsp3) is 0.200. The van der Waals surface area contributed by atoms with Crippen molar-refractivity contribution in [3.8, 4) is 5.75 Å². The summed E-state index contributed by atoms with van der Waals surface area (Å²) >= 11 is 5.76. The van der Waals surface area contributed by atoms with Crippen LogP contribution in [0.1, 0.15) is 18.1 Å². The molecule has 1 aromatic carbocycles. The largest absolute Gasteiger partial charge is 0.494 e. The predicted octanol–water partition coefficient (Wildman–Crippen LogP) is 4.60. The molecule has 0 unspecified atom stereocenters. The van der Waals surface area contributed by atoms with Crippen molar-refractivity contribution in [1.82, 2.24) is 4.98 Å². The topological polar surface area (TPSA) is 46.5 Å². The number of rotatable bonds is 5. The monoisotopic (exact) mass is 343 g/mol. The van der Waals surface area contributed by atoms with Gasteiger partial charge >= 0.3 is 6.18 Å². The minimum Gasteiger partial charge on any atom is -0.494 e. The molecule has 1 N–H and O–H groups in total. The molecule has 0 spiro atoms. The summed E-state index contributed by atoms with van der Waals surface area (Å²) in [5, 5.41) is 3.73. The van der Waals surface area contributed by atoms with Gasteiger partial charge < -0.3 is 4.74 Å². The van der Waals surface area contributed by atoms with Gasteiger partial charge in [-0.2, -0.15) is 18.3 Å². The van der Waals surface area contributed by atoms with Gasteiger partial charge in [-0.1, -0.05) is 11.6 Å². The quantitative estimate of drug-likeness (QED) is 0.637. The van der Waals surface area contributed by atoms with Gasteiger partial charge in [0.25, 0.3) is 0 Å².